The number of hydrogen-bond donors (Lipinski definition) is 1. The Kier molecular flexibility index (Phi) is 6.78. The molecule has 7 heteroatoms. The van der Waals surface area contributed by atoms with Crippen LogP contribution in [0, 0.1) is 17.8 Å². The molecule has 2 aromatic carbocycles. The van der Waals surface area contributed by atoms with Crippen LogP contribution in [0.5, 0.6) is 11.5 Å². The molecule has 3 aromatic rings. The van der Waals surface area contributed by atoms with Gasteiger partial charge in [-0.1, -0.05) is 18.2 Å². The van der Waals surface area contributed by atoms with E-state index in [0.717, 1.165) is 45.4 Å². The summed E-state index contributed by atoms with van der Waals surface area (Å²) in [5.41, 5.74) is 1.93. The molecule has 1 aromatic heterocycles. The van der Waals surface area contributed by atoms with Gasteiger partial charge >= 0.3 is 0 Å². The van der Waals surface area contributed by atoms with Crippen molar-refractivity contribution in [2.45, 2.75) is 50.5 Å². The van der Waals surface area contributed by atoms with E-state index in [1.807, 2.05) is 61.6 Å². The molecule has 1 N–H and O–H groups in total. The van der Waals surface area contributed by atoms with Gasteiger partial charge < -0.3 is 14.6 Å². The van der Waals surface area contributed by atoms with Crippen LogP contribution >= 0.6 is 23.7 Å². The summed E-state index contributed by atoms with van der Waals surface area (Å²) in [6.45, 7) is 0. The number of halogens is 1. The number of hydrogen-bond acceptors (Lipinski definition) is 4. The molecule has 5 nitrogen and oxygen atoms in total. The fourth-order valence-electron chi connectivity index (χ4n) is 6.67. The Balaban J connectivity index is 0.00000253. The van der Waals surface area contributed by atoms with Gasteiger partial charge in [0.05, 0.1) is 12.0 Å². The molecule has 0 aliphatic heterocycles. The molecule has 1 amide bonds. The summed E-state index contributed by atoms with van der Waals surface area (Å²) in [7, 11) is 2.05. The van der Waals surface area contributed by atoms with E-state index in [4.69, 9.17) is 9.73 Å². The van der Waals surface area contributed by atoms with Crippen LogP contribution < -0.4 is 14.9 Å². The van der Waals surface area contributed by atoms with Gasteiger partial charge in [0.15, 0.2) is 4.80 Å². The first kappa shape index (κ1) is 24.1. The molecule has 1 heterocycles. The third-order valence-corrected chi connectivity index (χ3v) is 8.78. The summed E-state index contributed by atoms with van der Waals surface area (Å²) in [6.07, 6.45) is 8.40. The van der Waals surface area contributed by atoms with Crippen molar-refractivity contribution in [1.82, 2.24) is 4.57 Å². The standard InChI is InChI=1S/C28H31N3O2S.ClH/c1-31-23(18-34-27(31)30-28-15-19-11-20(16-28)13-21(12-19)17-28)14-26(32)29-22-7-9-25(10-8-22)33-24-5-3-2-4-6-24;/h2-10,18-21H,11-17H2,1H3,(H,29,32);1H. The number of amides is 1. The third kappa shape index (κ3) is 5.19. The van der Waals surface area contributed by atoms with Crippen molar-refractivity contribution < 1.29 is 9.53 Å². The van der Waals surface area contributed by atoms with E-state index < -0.39 is 0 Å². The van der Waals surface area contributed by atoms with Crippen LogP contribution in [0.4, 0.5) is 5.69 Å². The maximum Gasteiger partial charge on any atom is 0.230 e. The van der Waals surface area contributed by atoms with Crippen molar-refractivity contribution in [2.24, 2.45) is 29.8 Å². The number of carbonyl (C=O) groups is 1. The van der Waals surface area contributed by atoms with Crippen molar-refractivity contribution in [3.63, 3.8) is 0 Å². The van der Waals surface area contributed by atoms with E-state index in [9.17, 15) is 4.79 Å². The van der Waals surface area contributed by atoms with E-state index in [-0.39, 0.29) is 23.9 Å². The first-order valence-corrected chi connectivity index (χ1v) is 13.2. The zero-order valence-electron chi connectivity index (χ0n) is 20.0. The topological polar surface area (TPSA) is 55.6 Å². The number of thiazole rings is 1. The van der Waals surface area contributed by atoms with E-state index in [1.54, 1.807) is 11.3 Å². The van der Waals surface area contributed by atoms with Gasteiger partial charge in [-0.05, 0) is 92.7 Å². The highest BCUT2D eigenvalue weighted by molar-refractivity contribution is 7.07. The zero-order valence-corrected chi connectivity index (χ0v) is 21.6. The molecule has 4 fully saturated rings. The lowest BCUT2D eigenvalue weighted by Crippen LogP contribution is -2.50. The molecule has 35 heavy (non-hydrogen) atoms. The average molecular weight is 510 g/mol. The first-order valence-electron chi connectivity index (χ1n) is 12.4. The number of ether oxygens (including phenoxy) is 1. The molecule has 4 aliphatic rings. The molecule has 4 aliphatic carbocycles. The number of aromatic nitrogens is 1. The van der Waals surface area contributed by atoms with Crippen LogP contribution in [0.2, 0.25) is 0 Å². The molecule has 4 saturated carbocycles. The normalized spacial score (nSPS) is 26.9. The average Bonchev–Trinajstić information content (AvgIpc) is 3.13. The summed E-state index contributed by atoms with van der Waals surface area (Å²) in [5, 5.41) is 5.10. The smallest absolute Gasteiger partial charge is 0.230 e. The molecule has 0 spiro atoms. The number of nitrogens with one attached hydrogen (secondary N) is 1. The number of carbonyl (C=O) groups excluding carboxylic acids is 1. The summed E-state index contributed by atoms with van der Waals surface area (Å²) in [4.78, 5) is 19.2. The van der Waals surface area contributed by atoms with Crippen LogP contribution in [0.25, 0.3) is 0 Å². The minimum absolute atomic E-state index is 0. The van der Waals surface area contributed by atoms with Crippen molar-refractivity contribution in [3.05, 3.63) is 70.5 Å². The Hall–Kier alpha value is -2.57. The van der Waals surface area contributed by atoms with Gasteiger partial charge in [-0.15, -0.1) is 23.7 Å². The van der Waals surface area contributed by atoms with Crippen molar-refractivity contribution in [2.75, 3.05) is 5.32 Å². The van der Waals surface area contributed by atoms with Gasteiger partial charge in [0.25, 0.3) is 0 Å². The molecule has 0 atom stereocenters. The first-order chi connectivity index (χ1) is 16.5. The van der Waals surface area contributed by atoms with Crippen molar-refractivity contribution in [3.8, 4) is 11.5 Å². The fourth-order valence-corrected chi connectivity index (χ4v) is 7.67. The number of nitrogens with zero attached hydrogens (tertiary/aromatic N) is 2. The predicted molar refractivity (Wildman–Crippen MR) is 142 cm³/mol. The summed E-state index contributed by atoms with van der Waals surface area (Å²) in [5.74, 6) is 4.16. The van der Waals surface area contributed by atoms with Gasteiger partial charge in [-0.25, -0.2) is 0 Å². The minimum atomic E-state index is -0.0218. The molecule has 0 unspecified atom stereocenters. The van der Waals surface area contributed by atoms with Gasteiger partial charge in [0, 0.05) is 23.8 Å². The second kappa shape index (κ2) is 9.82. The third-order valence-electron chi connectivity index (χ3n) is 7.82. The monoisotopic (exact) mass is 509 g/mol. The van der Waals surface area contributed by atoms with E-state index in [2.05, 4.69) is 15.3 Å². The largest absolute Gasteiger partial charge is 0.457 e. The lowest BCUT2D eigenvalue weighted by molar-refractivity contribution is -0.115. The van der Waals surface area contributed by atoms with Crippen LogP contribution in [0.1, 0.15) is 44.2 Å². The van der Waals surface area contributed by atoms with Crippen LogP contribution in [0.3, 0.4) is 0 Å². The van der Waals surface area contributed by atoms with E-state index in [1.165, 1.54) is 38.5 Å². The Morgan fingerprint density at radius 2 is 1.60 bits per heavy atom. The highest BCUT2D eigenvalue weighted by Gasteiger charge is 2.51. The number of anilines is 1. The van der Waals surface area contributed by atoms with Crippen LogP contribution in [-0.2, 0) is 18.3 Å². The van der Waals surface area contributed by atoms with Gasteiger partial charge in [-0.2, -0.15) is 0 Å². The Labute approximate surface area is 216 Å². The molecule has 0 saturated heterocycles. The lowest BCUT2D eigenvalue weighted by atomic mass is 9.53. The molecular formula is C28H32ClN3O2S. The van der Waals surface area contributed by atoms with Crippen molar-refractivity contribution >= 4 is 35.3 Å². The highest BCUT2D eigenvalue weighted by Crippen LogP contribution is 2.57. The molecule has 4 bridgehead atoms. The summed E-state index contributed by atoms with van der Waals surface area (Å²) < 4.78 is 7.95. The quantitative estimate of drug-likeness (QED) is 0.421. The minimum Gasteiger partial charge on any atom is -0.457 e. The maximum absolute atomic E-state index is 12.7. The number of rotatable bonds is 6. The highest BCUT2D eigenvalue weighted by atomic mass is 35.5. The van der Waals surface area contributed by atoms with Crippen LogP contribution in [0.15, 0.2) is 65.0 Å². The summed E-state index contributed by atoms with van der Waals surface area (Å²) >= 11 is 1.68. The molecular weight excluding hydrogens is 478 g/mol. The number of para-hydroxylation sites is 1. The van der Waals surface area contributed by atoms with E-state index >= 15 is 0 Å². The van der Waals surface area contributed by atoms with E-state index in [0.29, 0.717) is 6.42 Å². The Morgan fingerprint density at radius 1 is 1.00 bits per heavy atom. The second-order valence-electron chi connectivity index (χ2n) is 10.5. The Morgan fingerprint density at radius 3 is 2.23 bits per heavy atom. The summed E-state index contributed by atoms with van der Waals surface area (Å²) in [6, 6.07) is 17.2. The lowest BCUT2D eigenvalue weighted by Gasteiger charge is -2.54. The zero-order chi connectivity index (χ0) is 23.1. The van der Waals surface area contributed by atoms with Gasteiger partial charge in [-0.3, -0.25) is 9.79 Å². The predicted octanol–water partition coefficient (Wildman–Crippen LogP) is 6.35. The van der Waals surface area contributed by atoms with Crippen molar-refractivity contribution in [1.29, 1.82) is 0 Å². The molecule has 7 rings (SSSR count). The Bertz CT molecular complexity index is 1210. The van der Waals surface area contributed by atoms with Gasteiger partial charge in [0.2, 0.25) is 5.91 Å². The number of benzene rings is 2. The fraction of sp³-hybridized carbons (Fsp3) is 0.429. The molecule has 0 radical (unpaired) electrons. The van der Waals surface area contributed by atoms with Crippen LogP contribution in [-0.4, -0.2) is 16.0 Å². The molecule has 184 valence electrons. The second-order valence-corrected chi connectivity index (χ2v) is 11.3. The maximum atomic E-state index is 12.7. The SMILES string of the molecule is Cl.Cn1c(CC(=O)Nc2ccc(Oc3ccccc3)cc2)csc1=NC12CC3CC(CC(C3)C1)C2. The van der Waals surface area contributed by atoms with Gasteiger partial charge in [0.1, 0.15) is 11.5 Å².